The third-order valence-corrected chi connectivity index (χ3v) is 5.68. The number of amides is 1. The Bertz CT molecular complexity index is 1080. The minimum atomic E-state index is -0.128. The SMILES string of the molecule is C.Cc1c2c(O[C@H](C)[C@H]3CNC(=O)C3)nc(-c3cnn(C(C)(C)C)c3)cc2[nH][n+]1C. The molecule has 4 rings (SSSR count). The zero-order valence-electron chi connectivity index (χ0n) is 17.9. The van der Waals surface area contributed by atoms with Crippen LogP contribution in [0.25, 0.3) is 22.2 Å². The van der Waals surface area contributed by atoms with Crippen LogP contribution in [0.2, 0.25) is 0 Å². The highest BCUT2D eigenvalue weighted by atomic mass is 16.5. The second-order valence-corrected chi connectivity index (χ2v) is 8.93. The van der Waals surface area contributed by atoms with E-state index in [1.165, 1.54) is 0 Å². The van der Waals surface area contributed by atoms with Crippen LogP contribution in [-0.2, 0) is 17.4 Å². The average molecular weight is 414 g/mol. The molecule has 1 fully saturated rings. The molecule has 3 aromatic rings. The van der Waals surface area contributed by atoms with Crippen molar-refractivity contribution >= 4 is 16.8 Å². The number of ether oxygens (including phenoxy) is 1. The molecule has 3 aromatic heterocycles. The largest absolute Gasteiger partial charge is 0.474 e. The standard InChI is InChI=1S/C21H28N6O2.CH4/c1-12-19-17(25-26(12)6)8-16(15-10-23-27(11-15)21(3,4)5)24-20(19)29-13(2)14-7-18(28)22-9-14;/h8,10-11,13-14H,7,9H2,1-6H3,(H,22,28);1H4/p+1/t13-,14-;/m1./s1. The molecule has 8 heteroatoms. The van der Waals surface area contributed by atoms with E-state index in [4.69, 9.17) is 9.72 Å². The van der Waals surface area contributed by atoms with Crippen molar-refractivity contribution in [2.45, 2.75) is 60.1 Å². The number of carbonyl (C=O) groups excluding carboxylic acids is 1. The highest BCUT2D eigenvalue weighted by Gasteiger charge is 2.30. The Morgan fingerprint density at radius 1 is 1.37 bits per heavy atom. The first kappa shape index (κ1) is 21.8. The van der Waals surface area contributed by atoms with Gasteiger partial charge in [0.1, 0.15) is 17.0 Å². The lowest BCUT2D eigenvalue weighted by molar-refractivity contribution is -0.730. The van der Waals surface area contributed by atoms with Crippen molar-refractivity contribution in [1.29, 1.82) is 0 Å². The number of carbonyl (C=O) groups is 1. The molecule has 8 nitrogen and oxygen atoms in total. The number of aryl methyl sites for hydroxylation is 2. The lowest BCUT2D eigenvalue weighted by Gasteiger charge is -2.19. The molecule has 0 aromatic carbocycles. The number of nitrogens with one attached hydrogen (secondary N) is 2. The lowest BCUT2D eigenvalue weighted by Crippen LogP contribution is -2.32. The number of H-pyrrole nitrogens is 1. The van der Waals surface area contributed by atoms with E-state index >= 15 is 0 Å². The summed E-state index contributed by atoms with van der Waals surface area (Å²) in [6.45, 7) is 11.0. The quantitative estimate of drug-likeness (QED) is 0.644. The van der Waals surface area contributed by atoms with Crippen LogP contribution in [0.1, 0.15) is 47.2 Å². The summed E-state index contributed by atoms with van der Waals surface area (Å²) in [5, 5.41) is 11.7. The fourth-order valence-corrected chi connectivity index (χ4v) is 3.68. The molecule has 162 valence electrons. The van der Waals surface area contributed by atoms with Gasteiger partial charge in [0, 0.05) is 37.6 Å². The molecule has 0 bridgehead atoms. The van der Waals surface area contributed by atoms with E-state index in [9.17, 15) is 4.79 Å². The van der Waals surface area contributed by atoms with Crippen molar-refractivity contribution in [3.05, 3.63) is 24.2 Å². The molecule has 2 atom stereocenters. The third kappa shape index (κ3) is 3.91. The van der Waals surface area contributed by atoms with Crippen molar-refractivity contribution in [2.75, 3.05) is 6.54 Å². The molecule has 1 aliphatic rings. The van der Waals surface area contributed by atoms with Crippen molar-refractivity contribution in [1.82, 2.24) is 25.2 Å². The second-order valence-electron chi connectivity index (χ2n) is 8.93. The number of hydrogen-bond acceptors (Lipinski definition) is 4. The van der Waals surface area contributed by atoms with E-state index in [2.05, 4.69) is 36.3 Å². The Kier molecular flexibility index (Phi) is 5.62. The Hall–Kier alpha value is -2.90. The lowest BCUT2D eigenvalue weighted by atomic mass is 10.0. The summed E-state index contributed by atoms with van der Waals surface area (Å²) >= 11 is 0. The number of aromatic amines is 1. The number of aromatic nitrogens is 5. The van der Waals surface area contributed by atoms with Gasteiger partial charge >= 0.3 is 0 Å². The van der Waals surface area contributed by atoms with Crippen LogP contribution in [0.4, 0.5) is 0 Å². The van der Waals surface area contributed by atoms with Gasteiger partial charge in [-0.15, -0.1) is 4.68 Å². The number of rotatable bonds is 4. The number of pyridine rings is 1. The van der Waals surface area contributed by atoms with Crippen LogP contribution in [0.15, 0.2) is 18.5 Å². The number of fused-ring (bicyclic) bond motifs is 1. The van der Waals surface area contributed by atoms with Gasteiger partial charge in [0.2, 0.25) is 17.5 Å². The maximum atomic E-state index is 11.6. The Morgan fingerprint density at radius 2 is 2.10 bits per heavy atom. The molecule has 1 saturated heterocycles. The summed E-state index contributed by atoms with van der Waals surface area (Å²) in [5.74, 6) is 0.804. The van der Waals surface area contributed by atoms with E-state index in [1.54, 1.807) is 0 Å². The summed E-state index contributed by atoms with van der Waals surface area (Å²) in [7, 11) is 1.97. The smallest absolute Gasteiger partial charge is 0.230 e. The fraction of sp³-hybridized carbons (Fsp3) is 0.545. The predicted octanol–water partition coefficient (Wildman–Crippen LogP) is 2.85. The predicted molar refractivity (Wildman–Crippen MR) is 116 cm³/mol. The molecule has 30 heavy (non-hydrogen) atoms. The summed E-state index contributed by atoms with van der Waals surface area (Å²) in [6, 6.07) is 2.03. The highest BCUT2D eigenvalue weighted by molar-refractivity contribution is 5.88. The summed E-state index contributed by atoms with van der Waals surface area (Å²) in [5.41, 5.74) is 3.64. The molecule has 0 saturated carbocycles. The third-order valence-electron chi connectivity index (χ3n) is 5.68. The average Bonchev–Trinajstić information content (AvgIpc) is 3.34. The summed E-state index contributed by atoms with van der Waals surface area (Å²) < 4.78 is 10.2. The van der Waals surface area contributed by atoms with Gasteiger partial charge in [-0.1, -0.05) is 7.43 Å². The topological polar surface area (TPSA) is 88.7 Å². The minimum absolute atomic E-state index is 0. The van der Waals surface area contributed by atoms with Crippen LogP contribution < -0.4 is 14.7 Å². The number of hydrogen-bond donors (Lipinski definition) is 2. The van der Waals surface area contributed by atoms with E-state index in [-0.39, 0.29) is 30.9 Å². The molecule has 2 N–H and O–H groups in total. The van der Waals surface area contributed by atoms with Crippen LogP contribution in [0.5, 0.6) is 5.88 Å². The zero-order chi connectivity index (χ0) is 20.9. The molecule has 4 heterocycles. The molecule has 0 spiro atoms. The van der Waals surface area contributed by atoms with Crippen LogP contribution in [0, 0.1) is 12.8 Å². The van der Waals surface area contributed by atoms with Gasteiger partial charge in [0.05, 0.1) is 17.4 Å². The first-order chi connectivity index (χ1) is 13.6. The van der Waals surface area contributed by atoms with Crippen molar-refractivity contribution in [2.24, 2.45) is 13.0 Å². The van der Waals surface area contributed by atoms with E-state index < -0.39 is 0 Å². The molecule has 1 amide bonds. The molecular weight excluding hydrogens is 380 g/mol. The van der Waals surface area contributed by atoms with Gasteiger partial charge in [-0.2, -0.15) is 10.2 Å². The normalized spacial score (nSPS) is 17.7. The Morgan fingerprint density at radius 3 is 2.70 bits per heavy atom. The van der Waals surface area contributed by atoms with Gasteiger partial charge in [-0.05, 0) is 33.8 Å². The van der Waals surface area contributed by atoms with Gasteiger partial charge in [-0.3, -0.25) is 9.48 Å². The van der Waals surface area contributed by atoms with Gasteiger partial charge in [-0.25, -0.2) is 4.98 Å². The van der Waals surface area contributed by atoms with Gasteiger partial charge in [0.15, 0.2) is 7.05 Å². The molecule has 1 aliphatic heterocycles. The number of nitrogens with zero attached hydrogens (tertiary/aromatic N) is 4. The zero-order valence-corrected chi connectivity index (χ0v) is 17.9. The molecule has 0 radical (unpaired) electrons. The van der Waals surface area contributed by atoms with E-state index in [0.29, 0.717) is 18.8 Å². The van der Waals surface area contributed by atoms with Crippen molar-refractivity contribution in [3.8, 4) is 17.1 Å². The fourth-order valence-electron chi connectivity index (χ4n) is 3.68. The molecule has 0 aliphatic carbocycles. The first-order valence-electron chi connectivity index (χ1n) is 10.0. The van der Waals surface area contributed by atoms with Gasteiger partial charge in [0.25, 0.3) is 0 Å². The second kappa shape index (κ2) is 7.74. The van der Waals surface area contributed by atoms with Crippen molar-refractivity contribution < 1.29 is 14.2 Å². The molecular formula is C22H33N6O2+. The monoisotopic (exact) mass is 413 g/mol. The van der Waals surface area contributed by atoms with Gasteiger partial charge < -0.3 is 10.1 Å². The summed E-state index contributed by atoms with van der Waals surface area (Å²) in [4.78, 5) is 16.5. The maximum Gasteiger partial charge on any atom is 0.230 e. The minimum Gasteiger partial charge on any atom is -0.474 e. The van der Waals surface area contributed by atoms with E-state index in [0.717, 1.165) is 27.9 Å². The van der Waals surface area contributed by atoms with Crippen molar-refractivity contribution in [3.63, 3.8) is 0 Å². The highest BCUT2D eigenvalue weighted by Crippen LogP contribution is 2.32. The van der Waals surface area contributed by atoms with E-state index in [1.807, 2.05) is 48.7 Å². The Balaban J connectivity index is 0.00000256. The van der Waals surface area contributed by atoms with Crippen LogP contribution in [0.3, 0.4) is 0 Å². The van der Waals surface area contributed by atoms with Crippen LogP contribution in [-0.4, -0.2) is 38.4 Å². The molecule has 0 unspecified atom stereocenters. The summed E-state index contributed by atoms with van der Waals surface area (Å²) in [6.07, 6.45) is 4.21. The first-order valence-corrected chi connectivity index (χ1v) is 10.0. The maximum absolute atomic E-state index is 11.6. The Labute approximate surface area is 177 Å². The van der Waals surface area contributed by atoms with Crippen LogP contribution >= 0.6 is 0 Å².